The molecule has 0 spiro atoms. The van der Waals surface area contributed by atoms with Gasteiger partial charge in [-0.3, -0.25) is 9.10 Å². The molecule has 0 saturated carbocycles. The molecule has 0 bridgehead atoms. The number of carbonyl (C=O) groups excluding carboxylic acids is 1. The second-order valence-corrected chi connectivity index (χ2v) is 10.4. The number of para-hydroxylation sites is 2. The molecule has 0 fully saturated rings. The molecule has 0 aliphatic rings. The van der Waals surface area contributed by atoms with Gasteiger partial charge in [-0.1, -0.05) is 61.0 Å². The van der Waals surface area contributed by atoms with Gasteiger partial charge in [0.1, 0.15) is 12.4 Å². The fraction of sp³-hybridized carbons (Fsp3) is 0.214. The molecule has 1 N–H and O–H groups in total. The van der Waals surface area contributed by atoms with Crippen LogP contribution in [0.1, 0.15) is 29.4 Å². The van der Waals surface area contributed by atoms with E-state index in [1.165, 1.54) is 4.31 Å². The van der Waals surface area contributed by atoms with Crippen molar-refractivity contribution in [3.8, 4) is 5.69 Å². The van der Waals surface area contributed by atoms with Crippen LogP contribution in [-0.4, -0.2) is 30.4 Å². The summed E-state index contributed by atoms with van der Waals surface area (Å²) in [5.74, 6) is 0.439. The van der Waals surface area contributed by atoms with Crippen LogP contribution in [0, 0.1) is 13.8 Å². The van der Waals surface area contributed by atoms with Crippen LogP contribution >= 0.6 is 0 Å². The van der Waals surface area contributed by atoms with E-state index in [2.05, 4.69) is 10.3 Å². The predicted octanol–water partition coefficient (Wildman–Crippen LogP) is 4.56. The lowest BCUT2D eigenvalue weighted by molar-refractivity contribution is -0.119. The van der Waals surface area contributed by atoms with Crippen LogP contribution < -0.4 is 9.62 Å². The van der Waals surface area contributed by atoms with Crippen molar-refractivity contribution in [2.45, 2.75) is 38.6 Å². The number of aromatic nitrogens is 2. The molecular weight excluding hydrogens is 472 g/mol. The lowest BCUT2D eigenvalue weighted by Gasteiger charge is -2.26. The van der Waals surface area contributed by atoms with Crippen LogP contribution in [0.25, 0.3) is 5.69 Å². The van der Waals surface area contributed by atoms with Crippen molar-refractivity contribution in [3.63, 3.8) is 0 Å². The second kappa shape index (κ2) is 10.8. The van der Waals surface area contributed by atoms with Gasteiger partial charge in [-0.05, 0) is 55.7 Å². The first kappa shape index (κ1) is 25.2. The van der Waals surface area contributed by atoms with E-state index in [1.807, 2.05) is 67.9 Å². The molecule has 0 saturated heterocycles. The number of hydrogen-bond donors (Lipinski definition) is 1. The second-order valence-electron chi connectivity index (χ2n) is 8.56. The number of aryl methyl sites for hydroxylation is 3. The monoisotopic (exact) mass is 502 g/mol. The molecule has 1 heterocycles. The smallest absolute Gasteiger partial charge is 0.264 e. The first-order chi connectivity index (χ1) is 17.3. The summed E-state index contributed by atoms with van der Waals surface area (Å²) in [7, 11) is -3.97. The lowest BCUT2D eigenvalue weighted by Crippen LogP contribution is -2.41. The number of imidazole rings is 1. The van der Waals surface area contributed by atoms with E-state index in [-0.39, 0.29) is 18.0 Å². The largest absolute Gasteiger partial charge is 0.350 e. The Morgan fingerprint density at radius 2 is 1.61 bits per heavy atom. The first-order valence-electron chi connectivity index (χ1n) is 11.8. The van der Waals surface area contributed by atoms with Gasteiger partial charge in [0.05, 0.1) is 16.3 Å². The Bertz CT molecular complexity index is 1460. The Morgan fingerprint density at radius 1 is 0.944 bits per heavy atom. The number of benzene rings is 3. The zero-order valence-electron chi connectivity index (χ0n) is 20.7. The molecule has 0 aliphatic carbocycles. The first-order valence-corrected chi connectivity index (χ1v) is 13.3. The summed E-state index contributed by atoms with van der Waals surface area (Å²) in [4.78, 5) is 17.6. The Balaban J connectivity index is 1.61. The highest BCUT2D eigenvalue weighted by Gasteiger charge is 2.28. The highest BCUT2D eigenvalue weighted by atomic mass is 32.2. The maximum atomic E-state index is 13.7. The third-order valence-corrected chi connectivity index (χ3v) is 7.86. The number of hydrogen-bond acceptors (Lipinski definition) is 4. The quantitative estimate of drug-likeness (QED) is 0.364. The standard InChI is InChI=1S/C28H30N4O3S/c1-4-23-9-5-8-12-27(23)32(36(34,35)25-15-13-21(2)14-16-25)20-28(33)30-19-24-10-6-7-11-26(24)31-18-17-29-22(31)3/h5-18H,4,19-20H2,1-3H3,(H,30,33). The van der Waals surface area contributed by atoms with Gasteiger partial charge in [0, 0.05) is 18.9 Å². The molecule has 0 atom stereocenters. The lowest BCUT2D eigenvalue weighted by atomic mass is 10.1. The Morgan fingerprint density at radius 3 is 2.28 bits per heavy atom. The predicted molar refractivity (Wildman–Crippen MR) is 142 cm³/mol. The SMILES string of the molecule is CCc1ccccc1N(CC(=O)NCc1ccccc1-n1ccnc1C)S(=O)(=O)c1ccc(C)cc1. The van der Waals surface area contributed by atoms with Crippen molar-refractivity contribution < 1.29 is 13.2 Å². The van der Waals surface area contributed by atoms with E-state index in [1.54, 1.807) is 42.6 Å². The zero-order valence-corrected chi connectivity index (χ0v) is 21.5. The zero-order chi connectivity index (χ0) is 25.7. The van der Waals surface area contributed by atoms with Crippen molar-refractivity contribution in [1.82, 2.24) is 14.9 Å². The van der Waals surface area contributed by atoms with Gasteiger partial charge in [-0.15, -0.1) is 0 Å². The third kappa shape index (κ3) is 5.33. The molecule has 3 aromatic carbocycles. The van der Waals surface area contributed by atoms with E-state index in [4.69, 9.17) is 0 Å². The van der Waals surface area contributed by atoms with E-state index >= 15 is 0 Å². The maximum absolute atomic E-state index is 13.7. The van der Waals surface area contributed by atoms with E-state index in [0.717, 1.165) is 28.2 Å². The van der Waals surface area contributed by atoms with Crippen molar-refractivity contribution >= 4 is 21.6 Å². The number of rotatable bonds is 9. The van der Waals surface area contributed by atoms with Gasteiger partial charge >= 0.3 is 0 Å². The number of anilines is 1. The minimum Gasteiger partial charge on any atom is -0.350 e. The van der Waals surface area contributed by atoms with Crippen molar-refractivity contribution in [2.24, 2.45) is 0 Å². The highest BCUT2D eigenvalue weighted by Crippen LogP contribution is 2.27. The van der Waals surface area contributed by atoms with Crippen molar-refractivity contribution in [3.05, 3.63) is 108 Å². The number of nitrogens with one attached hydrogen (secondary N) is 1. The minimum atomic E-state index is -3.97. The van der Waals surface area contributed by atoms with E-state index in [0.29, 0.717) is 12.1 Å². The molecule has 186 valence electrons. The molecule has 8 heteroatoms. The Kier molecular flexibility index (Phi) is 7.55. The molecule has 4 rings (SSSR count). The average Bonchev–Trinajstić information content (AvgIpc) is 3.32. The molecule has 1 amide bonds. The molecule has 0 aliphatic heterocycles. The van der Waals surface area contributed by atoms with Crippen molar-refractivity contribution in [1.29, 1.82) is 0 Å². The fourth-order valence-corrected chi connectivity index (χ4v) is 5.56. The van der Waals surface area contributed by atoms with Crippen LogP contribution in [0.3, 0.4) is 0 Å². The Hall–Kier alpha value is -3.91. The summed E-state index contributed by atoms with van der Waals surface area (Å²) < 4.78 is 30.6. The number of amides is 1. The van der Waals surface area contributed by atoms with Crippen LogP contribution in [0.5, 0.6) is 0 Å². The van der Waals surface area contributed by atoms with Crippen molar-refractivity contribution in [2.75, 3.05) is 10.8 Å². The molecule has 36 heavy (non-hydrogen) atoms. The molecule has 4 aromatic rings. The summed E-state index contributed by atoms with van der Waals surface area (Å²) in [6.07, 6.45) is 4.23. The van der Waals surface area contributed by atoms with Crippen LogP contribution in [0.4, 0.5) is 5.69 Å². The summed E-state index contributed by atoms with van der Waals surface area (Å²) in [6, 6.07) is 21.7. The van der Waals surface area contributed by atoms with Gasteiger partial charge < -0.3 is 9.88 Å². The molecule has 0 radical (unpaired) electrons. The number of sulfonamides is 1. The third-order valence-electron chi connectivity index (χ3n) is 6.09. The molecular formula is C28H30N4O3S. The number of carbonyl (C=O) groups is 1. The molecule has 7 nitrogen and oxygen atoms in total. The summed E-state index contributed by atoms with van der Waals surface area (Å²) in [5.41, 5.74) is 4.12. The molecule has 1 aromatic heterocycles. The number of nitrogens with zero attached hydrogens (tertiary/aromatic N) is 3. The Labute approximate surface area is 212 Å². The van der Waals surface area contributed by atoms with E-state index < -0.39 is 15.9 Å². The van der Waals surface area contributed by atoms with E-state index in [9.17, 15) is 13.2 Å². The van der Waals surface area contributed by atoms with Gasteiger partial charge in [0.2, 0.25) is 5.91 Å². The van der Waals surface area contributed by atoms with Crippen LogP contribution in [0.2, 0.25) is 0 Å². The highest BCUT2D eigenvalue weighted by molar-refractivity contribution is 7.92. The minimum absolute atomic E-state index is 0.146. The average molecular weight is 503 g/mol. The molecule has 0 unspecified atom stereocenters. The van der Waals surface area contributed by atoms with Crippen LogP contribution in [0.15, 0.2) is 90.1 Å². The fourth-order valence-electron chi connectivity index (χ4n) is 4.10. The van der Waals surface area contributed by atoms with Gasteiger partial charge in [0.15, 0.2) is 0 Å². The summed E-state index contributed by atoms with van der Waals surface area (Å²) in [5, 5.41) is 2.91. The van der Waals surface area contributed by atoms with Crippen LogP contribution in [-0.2, 0) is 27.8 Å². The maximum Gasteiger partial charge on any atom is 0.264 e. The topological polar surface area (TPSA) is 84.3 Å². The normalized spacial score (nSPS) is 11.3. The van der Waals surface area contributed by atoms with Gasteiger partial charge in [0.25, 0.3) is 10.0 Å². The van der Waals surface area contributed by atoms with Gasteiger partial charge in [-0.25, -0.2) is 13.4 Å². The summed E-state index contributed by atoms with van der Waals surface area (Å²) in [6.45, 7) is 5.69. The summed E-state index contributed by atoms with van der Waals surface area (Å²) >= 11 is 0. The van der Waals surface area contributed by atoms with Gasteiger partial charge in [-0.2, -0.15) is 0 Å².